The van der Waals surface area contributed by atoms with E-state index in [1.54, 1.807) is 0 Å². The second kappa shape index (κ2) is 10.7. The molecule has 21 nitrogen and oxygen atoms in total. The molecular formula is C21H20N14O7. The van der Waals surface area contributed by atoms with Gasteiger partial charge in [-0.1, -0.05) is 10.4 Å². The van der Waals surface area contributed by atoms with Crippen LogP contribution in [0.2, 0.25) is 0 Å². The third-order valence-electron chi connectivity index (χ3n) is 6.18. The Kier molecular flexibility index (Phi) is 6.96. The van der Waals surface area contributed by atoms with Crippen molar-refractivity contribution in [1.29, 1.82) is 0 Å². The maximum atomic E-state index is 13.0. The average molecular weight is 580 g/mol. The molecule has 4 aromatic heterocycles. The number of rotatable bonds is 11. The Morgan fingerprint density at radius 1 is 0.929 bits per heavy atom. The number of benzene rings is 1. The van der Waals surface area contributed by atoms with Crippen molar-refractivity contribution in [2.24, 2.45) is 11.5 Å². The zero-order valence-corrected chi connectivity index (χ0v) is 21.6. The summed E-state index contributed by atoms with van der Waals surface area (Å²) < 4.78 is 9.03. The summed E-state index contributed by atoms with van der Waals surface area (Å²) in [6.07, 6.45) is 2.16. The minimum Gasteiger partial charge on any atom is -0.496 e. The van der Waals surface area contributed by atoms with Gasteiger partial charge in [-0.15, -0.1) is 10.2 Å². The molecule has 21 heteroatoms. The van der Waals surface area contributed by atoms with Gasteiger partial charge in [0.05, 0.1) is 31.2 Å². The summed E-state index contributed by atoms with van der Waals surface area (Å²) in [6.45, 7) is -0.325. The molecule has 0 unspecified atom stereocenters. The Labute approximate surface area is 231 Å². The maximum Gasteiger partial charge on any atom is 0.353 e. The van der Waals surface area contributed by atoms with Crippen LogP contribution in [-0.2, 0) is 13.1 Å². The molecule has 0 saturated heterocycles. The first kappa shape index (κ1) is 27.3. The average Bonchev–Trinajstić information content (AvgIpc) is 3.60. The van der Waals surface area contributed by atoms with Gasteiger partial charge in [-0.2, -0.15) is 9.36 Å². The molecule has 0 spiro atoms. The molecule has 0 aliphatic carbocycles. The lowest BCUT2D eigenvalue weighted by Gasteiger charge is -2.24. The van der Waals surface area contributed by atoms with Crippen LogP contribution in [0.25, 0.3) is 11.3 Å². The molecule has 0 radical (unpaired) electrons. The van der Waals surface area contributed by atoms with Crippen molar-refractivity contribution < 1.29 is 19.2 Å². The lowest BCUT2D eigenvalue weighted by molar-refractivity contribution is -0.384. The lowest BCUT2D eigenvalue weighted by atomic mass is 10.2. The highest BCUT2D eigenvalue weighted by molar-refractivity contribution is 5.97. The number of fused-ring (bicyclic) bond motifs is 2. The van der Waals surface area contributed by atoms with E-state index in [1.165, 1.54) is 30.2 Å². The zero-order valence-electron chi connectivity index (χ0n) is 21.6. The summed E-state index contributed by atoms with van der Waals surface area (Å²) in [5.74, 6) is -1.54. The molecule has 0 fully saturated rings. The summed E-state index contributed by atoms with van der Waals surface area (Å²) in [7, 11) is 1.36. The summed E-state index contributed by atoms with van der Waals surface area (Å²) in [5.41, 5.74) is 8.24. The highest BCUT2D eigenvalue weighted by atomic mass is 16.6. The molecule has 0 aliphatic heterocycles. The fourth-order valence-corrected chi connectivity index (χ4v) is 4.13. The SMILES string of the molecule is COc1ccc(N(CCn2nnc3c(C(N)=O)ncn3c2=O)CCn2nnc3c(C(N)=O)ncn3c2=O)c([N+](=O)[O-])c1. The number of aromatic nitrogens is 10. The van der Waals surface area contributed by atoms with Crippen LogP contribution in [0.3, 0.4) is 0 Å². The van der Waals surface area contributed by atoms with Crippen molar-refractivity contribution in [3.63, 3.8) is 0 Å². The summed E-state index contributed by atoms with van der Waals surface area (Å²) in [4.78, 5) is 69.4. The molecule has 5 aromatic rings. The molecule has 5 rings (SSSR count). The van der Waals surface area contributed by atoms with Crippen LogP contribution < -0.4 is 32.5 Å². The van der Waals surface area contributed by atoms with Gasteiger partial charge in [0.1, 0.15) is 24.1 Å². The smallest absolute Gasteiger partial charge is 0.353 e. The van der Waals surface area contributed by atoms with Gasteiger partial charge in [-0.3, -0.25) is 19.7 Å². The number of anilines is 1. The van der Waals surface area contributed by atoms with E-state index in [0.29, 0.717) is 0 Å². The van der Waals surface area contributed by atoms with Crippen LogP contribution >= 0.6 is 0 Å². The third kappa shape index (κ3) is 4.80. The summed E-state index contributed by atoms with van der Waals surface area (Å²) in [6, 6.07) is 4.20. The molecule has 216 valence electrons. The number of nitrogens with zero attached hydrogens (tertiary/aromatic N) is 12. The van der Waals surface area contributed by atoms with Gasteiger partial charge in [0.25, 0.3) is 17.5 Å². The maximum absolute atomic E-state index is 13.0. The first-order valence-corrected chi connectivity index (χ1v) is 11.9. The molecule has 0 aliphatic rings. The Hall–Kier alpha value is -6.28. The number of carbonyl (C=O) groups is 2. The highest BCUT2D eigenvalue weighted by Crippen LogP contribution is 2.32. The second-order valence-corrected chi connectivity index (χ2v) is 8.59. The van der Waals surface area contributed by atoms with E-state index in [-0.39, 0.29) is 66.0 Å². The first-order chi connectivity index (χ1) is 20.1. The monoisotopic (exact) mass is 580 g/mol. The van der Waals surface area contributed by atoms with Gasteiger partial charge in [0.15, 0.2) is 22.7 Å². The number of nitro groups is 1. The normalized spacial score (nSPS) is 11.2. The number of amides is 2. The van der Waals surface area contributed by atoms with Crippen LogP contribution in [0, 0.1) is 10.1 Å². The molecule has 4 heterocycles. The van der Waals surface area contributed by atoms with Gasteiger partial charge in [-0.25, -0.2) is 28.4 Å². The Balaban J connectivity index is 1.48. The molecule has 42 heavy (non-hydrogen) atoms. The van der Waals surface area contributed by atoms with E-state index in [9.17, 15) is 29.3 Å². The van der Waals surface area contributed by atoms with E-state index in [1.807, 2.05) is 0 Å². The van der Waals surface area contributed by atoms with E-state index >= 15 is 0 Å². The first-order valence-electron chi connectivity index (χ1n) is 11.9. The van der Waals surface area contributed by atoms with E-state index < -0.39 is 28.1 Å². The van der Waals surface area contributed by atoms with Gasteiger partial charge in [0.2, 0.25) is 0 Å². The number of carbonyl (C=O) groups excluding carboxylic acids is 2. The number of nitrogens with two attached hydrogens (primary N) is 2. The Morgan fingerprint density at radius 3 is 1.86 bits per heavy atom. The second-order valence-electron chi connectivity index (χ2n) is 8.59. The van der Waals surface area contributed by atoms with Crippen LogP contribution in [0.5, 0.6) is 5.75 Å². The Bertz CT molecular complexity index is 1880. The number of imidazole rings is 2. The largest absolute Gasteiger partial charge is 0.496 e. The molecular weight excluding hydrogens is 560 g/mol. The predicted octanol–water partition coefficient (Wildman–Crippen LogP) is -2.79. The fourth-order valence-electron chi connectivity index (χ4n) is 4.13. The summed E-state index contributed by atoms with van der Waals surface area (Å²) in [5, 5.41) is 27.3. The van der Waals surface area contributed by atoms with Gasteiger partial charge >= 0.3 is 11.4 Å². The van der Waals surface area contributed by atoms with Gasteiger partial charge in [-0.05, 0) is 12.1 Å². The lowest BCUT2D eigenvalue weighted by Crippen LogP contribution is -2.39. The number of nitro benzene ring substituents is 1. The van der Waals surface area contributed by atoms with Crippen molar-refractivity contribution in [1.82, 2.24) is 48.8 Å². The van der Waals surface area contributed by atoms with Crippen molar-refractivity contribution >= 4 is 34.5 Å². The van der Waals surface area contributed by atoms with E-state index in [0.717, 1.165) is 30.8 Å². The minimum absolute atomic E-state index is 0.0358. The standard InChI is InChI=1S/C21H20N14O7/c1-42-11-2-3-12(13(8-11)35(40)41)30(4-6-33-20(38)31-9-24-14(16(22)36)18(31)26-28-33)5-7-34-21(39)32-10-25-15(17(23)37)19(32)27-29-34/h2-3,8-10H,4-7H2,1H3,(H2,22,36)(H2,23,37). The van der Waals surface area contributed by atoms with Gasteiger partial charge in [0, 0.05) is 13.1 Å². The number of hydrogen-bond acceptors (Lipinski definition) is 14. The number of primary amides is 2. The quantitative estimate of drug-likeness (QED) is 0.118. The Morgan fingerprint density at radius 2 is 1.43 bits per heavy atom. The number of ether oxygens (including phenoxy) is 1. The van der Waals surface area contributed by atoms with Crippen LogP contribution in [-0.4, -0.2) is 85.7 Å². The van der Waals surface area contributed by atoms with Gasteiger partial charge < -0.3 is 21.1 Å². The highest BCUT2D eigenvalue weighted by Gasteiger charge is 2.23. The number of hydrogen-bond donors (Lipinski definition) is 2. The van der Waals surface area contributed by atoms with Crippen molar-refractivity contribution in [2.45, 2.75) is 13.1 Å². The van der Waals surface area contributed by atoms with E-state index in [2.05, 4.69) is 30.6 Å². The molecule has 0 saturated carbocycles. The summed E-state index contributed by atoms with van der Waals surface area (Å²) >= 11 is 0. The predicted molar refractivity (Wildman–Crippen MR) is 139 cm³/mol. The molecule has 4 N–H and O–H groups in total. The zero-order chi connectivity index (χ0) is 30.1. The molecule has 1 aromatic carbocycles. The molecule has 0 bridgehead atoms. The molecule has 0 atom stereocenters. The molecule has 2 amide bonds. The topological polar surface area (TPSA) is 272 Å². The van der Waals surface area contributed by atoms with Crippen molar-refractivity contribution in [2.75, 3.05) is 25.1 Å². The van der Waals surface area contributed by atoms with E-state index in [4.69, 9.17) is 16.2 Å². The minimum atomic E-state index is -0.889. The fraction of sp³-hybridized carbons (Fsp3) is 0.238. The number of methoxy groups -OCH3 is 1. The van der Waals surface area contributed by atoms with Crippen LogP contribution in [0.4, 0.5) is 11.4 Å². The van der Waals surface area contributed by atoms with Crippen LogP contribution in [0.15, 0.2) is 40.4 Å². The van der Waals surface area contributed by atoms with Crippen LogP contribution in [0.1, 0.15) is 21.0 Å². The van der Waals surface area contributed by atoms with Crippen molar-refractivity contribution in [3.05, 3.63) is 73.3 Å². The third-order valence-corrected chi connectivity index (χ3v) is 6.18. The van der Waals surface area contributed by atoms with Crippen molar-refractivity contribution in [3.8, 4) is 5.75 Å².